The number of nitrogens with one attached hydrogen (secondary N) is 1. The third kappa shape index (κ3) is 4.45. The van der Waals surface area contributed by atoms with E-state index in [-0.39, 0.29) is 0 Å². The molecule has 2 rings (SSSR count). The molecular formula is C13H12Cl3NS. The molecule has 1 N–H and O–H groups in total. The third-order valence-corrected chi connectivity index (χ3v) is 4.16. The van der Waals surface area contributed by atoms with Crippen LogP contribution in [0.15, 0.2) is 30.3 Å². The quantitative estimate of drug-likeness (QED) is 0.761. The van der Waals surface area contributed by atoms with Crippen LogP contribution in [0.25, 0.3) is 0 Å². The summed E-state index contributed by atoms with van der Waals surface area (Å²) >= 11 is 19.4. The average molecular weight is 321 g/mol. The fraction of sp³-hybridized carbons (Fsp3) is 0.231. The summed E-state index contributed by atoms with van der Waals surface area (Å²) in [5.41, 5.74) is 1.09. The fourth-order valence-corrected chi connectivity index (χ4v) is 3.30. The summed E-state index contributed by atoms with van der Waals surface area (Å²) in [6.45, 7) is 1.67. The minimum absolute atomic E-state index is 0.671. The molecule has 0 aliphatic rings. The van der Waals surface area contributed by atoms with E-state index >= 15 is 0 Å². The van der Waals surface area contributed by atoms with Gasteiger partial charge < -0.3 is 5.32 Å². The molecule has 0 saturated heterocycles. The number of hydrogen-bond donors (Lipinski definition) is 1. The molecule has 1 aromatic heterocycles. The smallest absolute Gasteiger partial charge is 0.0931 e. The zero-order valence-electron chi connectivity index (χ0n) is 9.55. The van der Waals surface area contributed by atoms with Crippen LogP contribution in [0.3, 0.4) is 0 Å². The van der Waals surface area contributed by atoms with E-state index in [9.17, 15) is 0 Å². The van der Waals surface area contributed by atoms with Gasteiger partial charge in [-0.25, -0.2) is 0 Å². The van der Waals surface area contributed by atoms with Gasteiger partial charge in [0.1, 0.15) is 0 Å². The van der Waals surface area contributed by atoms with Crippen LogP contribution >= 0.6 is 46.1 Å². The van der Waals surface area contributed by atoms with E-state index in [4.69, 9.17) is 34.8 Å². The number of halogens is 3. The molecule has 5 heteroatoms. The first-order valence-corrected chi connectivity index (χ1v) is 7.48. The van der Waals surface area contributed by atoms with Crippen LogP contribution in [0.1, 0.15) is 10.4 Å². The molecule has 1 aromatic carbocycles. The summed E-state index contributed by atoms with van der Waals surface area (Å²) in [5.74, 6) is 0. The molecule has 0 fully saturated rings. The first-order valence-electron chi connectivity index (χ1n) is 5.53. The normalized spacial score (nSPS) is 10.8. The van der Waals surface area contributed by atoms with Crippen molar-refractivity contribution in [2.75, 3.05) is 6.54 Å². The second-order valence-electron chi connectivity index (χ2n) is 3.91. The molecule has 0 aliphatic heterocycles. The van der Waals surface area contributed by atoms with E-state index in [1.54, 1.807) is 17.4 Å². The van der Waals surface area contributed by atoms with Crippen LogP contribution in [-0.2, 0) is 13.0 Å². The largest absolute Gasteiger partial charge is 0.312 e. The van der Waals surface area contributed by atoms with Crippen LogP contribution in [0.2, 0.25) is 14.4 Å². The molecule has 0 spiro atoms. The van der Waals surface area contributed by atoms with Crippen molar-refractivity contribution in [3.05, 3.63) is 55.2 Å². The number of benzene rings is 1. The van der Waals surface area contributed by atoms with E-state index in [1.165, 1.54) is 4.88 Å². The van der Waals surface area contributed by atoms with E-state index in [1.807, 2.05) is 18.2 Å². The monoisotopic (exact) mass is 319 g/mol. The molecule has 0 atom stereocenters. The second kappa shape index (κ2) is 6.78. The van der Waals surface area contributed by atoms with Crippen molar-refractivity contribution in [3.8, 4) is 0 Å². The van der Waals surface area contributed by atoms with Gasteiger partial charge in [0.2, 0.25) is 0 Å². The second-order valence-corrected chi connectivity index (χ2v) is 6.58. The highest BCUT2D eigenvalue weighted by Gasteiger charge is 2.00. The zero-order valence-corrected chi connectivity index (χ0v) is 12.6. The van der Waals surface area contributed by atoms with Gasteiger partial charge in [0.05, 0.1) is 4.34 Å². The first-order chi connectivity index (χ1) is 8.63. The van der Waals surface area contributed by atoms with Crippen LogP contribution in [-0.4, -0.2) is 6.54 Å². The van der Waals surface area contributed by atoms with Crippen LogP contribution < -0.4 is 5.32 Å². The van der Waals surface area contributed by atoms with Gasteiger partial charge in [0, 0.05) is 28.0 Å². The lowest BCUT2D eigenvalue weighted by Gasteiger charge is -2.05. The Morgan fingerprint density at radius 1 is 1.00 bits per heavy atom. The fourth-order valence-electron chi connectivity index (χ4n) is 1.64. The Bertz CT molecular complexity index is 504. The highest BCUT2D eigenvalue weighted by molar-refractivity contribution is 7.16. The van der Waals surface area contributed by atoms with Gasteiger partial charge in [-0.05, 0) is 42.3 Å². The Labute approximate surface area is 126 Å². The SMILES string of the molecule is Clc1cc(Cl)cc(CNCCc2ccc(Cl)s2)c1. The van der Waals surface area contributed by atoms with Crippen molar-refractivity contribution in [2.45, 2.75) is 13.0 Å². The van der Waals surface area contributed by atoms with E-state index in [0.717, 1.165) is 29.4 Å². The molecule has 0 unspecified atom stereocenters. The molecule has 0 saturated carbocycles. The number of rotatable bonds is 5. The van der Waals surface area contributed by atoms with Crippen molar-refractivity contribution in [2.24, 2.45) is 0 Å². The molecule has 0 amide bonds. The number of hydrogen-bond acceptors (Lipinski definition) is 2. The Kier molecular flexibility index (Phi) is 5.34. The van der Waals surface area contributed by atoms with Gasteiger partial charge >= 0.3 is 0 Å². The summed E-state index contributed by atoms with van der Waals surface area (Å²) in [6.07, 6.45) is 0.978. The first kappa shape index (κ1) is 14.2. The molecule has 2 aromatic rings. The van der Waals surface area contributed by atoms with Crippen molar-refractivity contribution < 1.29 is 0 Å². The standard InChI is InChI=1S/C13H12Cl3NS/c14-10-5-9(6-11(15)7-10)8-17-4-3-12-1-2-13(16)18-12/h1-2,5-7,17H,3-4,8H2. The van der Waals surface area contributed by atoms with E-state index in [2.05, 4.69) is 11.4 Å². The summed E-state index contributed by atoms with van der Waals surface area (Å²) in [6, 6.07) is 9.56. The molecule has 96 valence electrons. The summed E-state index contributed by atoms with van der Waals surface area (Å²) in [7, 11) is 0. The topological polar surface area (TPSA) is 12.0 Å². The molecule has 0 radical (unpaired) electrons. The number of thiophene rings is 1. The van der Waals surface area contributed by atoms with Crippen molar-refractivity contribution in [3.63, 3.8) is 0 Å². The molecule has 18 heavy (non-hydrogen) atoms. The van der Waals surface area contributed by atoms with Crippen LogP contribution in [0, 0.1) is 0 Å². The zero-order chi connectivity index (χ0) is 13.0. The third-order valence-electron chi connectivity index (χ3n) is 2.43. The lowest BCUT2D eigenvalue weighted by atomic mass is 10.2. The lowest BCUT2D eigenvalue weighted by Crippen LogP contribution is -2.16. The maximum atomic E-state index is 5.94. The van der Waals surface area contributed by atoms with Crippen LogP contribution in [0.5, 0.6) is 0 Å². The summed E-state index contributed by atoms with van der Waals surface area (Å²) in [5, 5.41) is 4.70. The van der Waals surface area contributed by atoms with Crippen LogP contribution in [0.4, 0.5) is 0 Å². The molecule has 1 heterocycles. The van der Waals surface area contributed by atoms with Gasteiger partial charge in [0.25, 0.3) is 0 Å². The Morgan fingerprint density at radius 2 is 1.72 bits per heavy atom. The maximum absolute atomic E-state index is 5.94. The van der Waals surface area contributed by atoms with Gasteiger partial charge in [0.15, 0.2) is 0 Å². The van der Waals surface area contributed by atoms with Gasteiger partial charge in [-0.15, -0.1) is 11.3 Å². The van der Waals surface area contributed by atoms with E-state index < -0.39 is 0 Å². The minimum Gasteiger partial charge on any atom is -0.312 e. The van der Waals surface area contributed by atoms with Gasteiger partial charge in [-0.1, -0.05) is 34.8 Å². The van der Waals surface area contributed by atoms with Crippen molar-refractivity contribution in [1.29, 1.82) is 0 Å². The maximum Gasteiger partial charge on any atom is 0.0931 e. The molecule has 0 aliphatic carbocycles. The van der Waals surface area contributed by atoms with Crippen molar-refractivity contribution in [1.82, 2.24) is 5.32 Å². The minimum atomic E-state index is 0.671. The highest BCUT2D eigenvalue weighted by atomic mass is 35.5. The van der Waals surface area contributed by atoms with E-state index in [0.29, 0.717) is 10.0 Å². The highest BCUT2D eigenvalue weighted by Crippen LogP contribution is 2.21. The lowest BCUT2D eigenvalue weighted by molar-refractivity contribution is 0.691. The average Bonchev–Trinajstić information content (AvgIpc) is 2.69. The Balaban J connectivity index is 1.78. The van der Waals surface area contributed by atoms with Gasteiger partial charge in [-0.2, -0.15) is 0 Å². The summed E-state index contributed by atoms with van der Waals surface area (Å²) in [4.78, 5) is 1.29. The van der Waals surface area contributed by atoms with Crippen molar-refractivity contribution >= 4 is 46.1 Å². The molecule has 0 bridgehead atoms. The Hall–Kier alpha value is -0.250. The predicted octanol–water partition coefficient (Wildman–Crippen LogP) is 5.04. The predicted molar refractivity (Wildman–Crippen MR) is 81.2 cm³/mol. The molecule has 1 nitrogen and oxygen atoms in total. The Morgan fingerprint density at radius 3 is 2.33 bits per heavy atom. The van der Waals surface area contributed by atoms with Gasteiger partial charge in [-0.3, -0.25) is 0 Å². The molecular weight excluding hydrogens is 309 g/mol. The summed E-state index contributed by atoms with van der Waals surface area (Å²) < 4.78 is 0.839.